The molecule has 1 amide bonds. The van der Waals surface area contributed by atoms with Gasteiger partial charge in [-0.1, -0.05) is 59.9 Å². The van der Waals surface area contributed by atoms with Gasteiger partial charge in [0.25, 0.3) is 5.91 Å². The van der Waals surface area contributed by atoms with Crippen LogP contribution in [0.1, 0.15) is 27.9 Å². The lowest BCUT2D eigenvalue weighted by molar-refractivity contribution is 0.0986. The molecule has 5 nitrogen and oxygen atoms in total. The van der Waals surface area contributed by atoms with Gasteiger partial charge in [0.1, 0.15) is 11.3 Å². The van der Waals surface area contributed by atoms with E-state index in [9.17, 15) is 4.79 Å². The molecule has 3 aromatic carbocycles. The second-order valence-electron chi connectivity index (χ2n) is 8.28. The van der Waals surface area contributed by atoms with Gasteiger partial charge in [-0.05, 0) is 68.9 Å². The van der Waals surface area contributed by atoms with Crippen LogP contribution >= 0.6 is 23.7 Å². The van der Waals surface area contributed by atoms with Crippen LogP contribution in [0.25, 0.3) is 10.2 Å². The molecule has 0 spiro atoms. The highest BCUT2D eigenvalue weighted by Crippen LogP contribution is 2.34. The summed E-state index contributed by atoms with van der Waals surface area (Å²) in [5, 5.41) is 0.701. The first-order valence-electron chi connectivity index (χ1n) is 11.1. The van der Waals surface area contributed by atoms with Gasteiger partial charge >= 0.3 is 0 Å². The first-order valence-corrected chi connectivity index (χ1v) is 11.9. The number of fused-ring (bicyclic) bond motifs is 1. The van der Waals surface area contributed by atoms with Crippen LogP contribution < -0.4 is 9.64 Å². The van der Waals surface area contributed by atoms with Crippen molar-refractivity contribution in [3.05, 3.63) is 89.5 Å². The van der Waals surface area contributed by atoms with Gasteiger partial charge in [0.05, 0.1) is 11.8 Å². The summed E-state index contributed by atoms with van der Waals surface area (Å²) in [6, 6.07) is 24.1. The number of rotatable bonds is 9. The predicted octanol–water partition coefficient (Wildman–Crippen LogP) is 5.92. The molecule has 4 aromatic rings. The fraction of sp³-hybridized carbons (Fsp3) is 0.259. The summed E-state index contributed by atoms with van der Waals surface area (Å²) < 4.78 is 6.48. The number of nitrogens with zero attached hydrogens (tertiary/aromatic N) is 3. The number of amides is 1. The zero-order valence-electron chi connectivity index (χ0n) is 19.7. The summed E-state index contributed by atoms with van der Waals surface area (Å²) in [7, 11) is 5.73. The van der Waals surface area contributed by atoms with E-state index in [0.29, 0.717) is 17.2 Å². The number of aromatic nitrogens is 1. The van der Waals surface area contributed by atoms with E-state index < -0.39 is 0 Å². The minimum absolute atomic E-state index is 0. The molecule has 178 valence electrons. The van der Waals surface area contributed by atoms with Crippen LogP contribution in [0.2, 0.25) is 0 Å². The van der Waals surface area contributed by atoms with E-state index in [4.69, 9.17) is 9.72 Å². The number of halogens is 1. The first kappa shape index (κ1) is 25.7. The Hall–Kier alpha value is -2.93. The number of hydrogen-bond donors (Lipinski definition) is 0. The van der Waals surface area contributed by atoms with Crippen molar-refractivity contribution in [3.63, 3.8) is 0 Å². The summed E-state index contributed by atoms with van der Waals surface area (Å²) in [5.74, 6) is 0.694. The fourth-order valence-electron chi connectivity index (χ4n) is 3.77. The van der Waals surface area contributed by atoms with Gasteiger partial charge in [0.15, 0.2) is 5.13 Å². The van der Waals surface area contributed by atoms with E-state index in [0.717, 1.165) is 35.4 Å². The van der Waals surface area contributed by atoms with Gasteiger partial charge in [-0.2, -0.15) is 0 Å². The number of thiazole rings is 1. The lowest BCUT2D eigenvalue weighted by Crippen LogP contribution is -2.33. The maximum atomic E-state index is 13.6. The van der Waals surface area contributed by atoms with Gasteiger partial charge in [-0.3, -0.25) is 9.69 Å². The van der Waals surface area contributed by atoms with Crippen LogP contribution in [0.3, 0.4) is 0 Å². The number of methoxy groups -OCH3 is 1. The van der Waals surface area contributed by atoms with E-state index in [1.54, 1.807) is 12.0 Å². The number of para-hydroxylation sites is 1. The Bertz CT molecular complexity index is 1210. The zero-order chi connectivity index (χ0) is 23.2. The maximum Gasteiger partial charge on any atom is 0.260 e. The Balaban J connectivity index is 0.00000324. The average molecular weight is 496 g/mol. The smallest absolute Gasteiger partial charge is 0.260 e. The van der Waals surface area contributed by atoms with Crippen molar-refractivity contribution in [1.82, 2.24) is 9.88 Å². The van der Waals surface area contributed by atoms with Crippen molar-refractivity contribution in [1.29, 1.82) is 0 Å². The van der Waals surface area contributed by atoms with Crippen molar-refractivity contribution in [2.24, 2.45) is 0 Å². The lowest BCUT2D eigenvalue weighted by atomic mass is 10.0. The molecule has 34 heavy (non-hydrogen) atoms. The maximum absolute atomic E-state index is 13.6. The monoisotopic (exact) mass is 495 g/mol. The van der Waals surface area contributed by atoms with Crippen LogP contribution in [-0.4, -0.2) is 50.1 Å². The molecule has 0 aliphatic rings. The highest BCUT2D eigenvalue weighted by molar-refractivity contribution is 7.22. The highest BCUT2D eigenvalue weighted by Gasteiger charge is 2.22. The molecular weight excluding hydrogens is 466 g/mol. The Labute approximate surface area is 211 Å². The summed E-state index contributed by atoms with van der Waals surface area (Å²) in [4.78, 5) is 22.3. The topological polar surface area (TPSA) is 45.7 Å². The van der Waals surface area contributed by atoms with Gasteiger partial charge in [0.2, 0.25) is 0 Å². The second kappa shape index (κ2) is 12.0. The third-order valence-electron chi connectivity index (χ3n) is 5.51. The molecule has 0 fully saturated rings. The van der Waals surface area contributed by atoms with E-state index in [2.05, 4.69) is 17.0 Å². The quantitative estimate of drug-likeness (QED) is 0.289. The summed E-state index contributed by atoms with van der Waals surface area (Å²) in [5.41, 5.74) is 3.90. The number of ether oxygens (including phenoxy) is 1. The number of benzene rings is 3. The molecular formula is C27H30ClN3O2S. The molecule has 0 radical (unpaired) electrons. The molecule has 4 rings (SSSR count). The van der Waals surface area contributed by atoms with Gasteiger partial charge in [0, 0.05) is 12.1 Å². The average Bonchev–Trinajstić information content (AvgIpc) is 3.26. The predicted molar refractivity (Wildman–Crippen MR) is 144 cm³/mol. The molecule has 0 atom stereocenters. The standard InChI is InChI=1S/C27H29N3O2S.ClH/c1-29(2)17-8-18-30(27-28-25-23(32-3)11-7-12-24(25)33-27)26(31)22-15-13-21(14-16-22)19-20-9-5-4-6-10-20;/h4-7,9-16H,8,17-19H2,1-3H3;1H. The lowest BCUT2D eigenvalue weighted by Gasteiger charge is -2.21. The van der Waals surface area contributed by atoms with Gasteiger partial charge < -0.3 is 9.64 Å². The fourth-order valence-corrected chi connectivity index (χ4v) is 4.78. The van der Waals surface area contributed by atoms with Gasteiger partial charge in [-0.25, -0.2) is 4.98 Å². The summed E-state index contributed by atoms with van der Waals surface area (Å²) in [6.07, 6.45) is 1.71. The Morgan fingerprint density at radius 3 is 2.29 bits per heavy atom. The summed E-state index contributed by atoms with van der Waals surface area (Å²) >= 11 is 1.52. The van der Waals surface area contributed by atoms with Crippen LogP contribution in [0.4, 0.5) is 5.13 Å². The SMILES string of the molecule is COc1cccc2sc(N(CCCN(C)C)C(=O)c3ccc(Cc4ccccc4)cc3)nc12.Cl. The first-order chi connectivity index (χ1) is 16.0. The van der Waals surface area contributed by atoms with E-state index in [1.165, 1.54) is 22.5 Å². The molecule has 0 aliphatic carbocycles. The molecule has 0 N–H and O–H groups in total. The molecule has 1 aromatic heterocycles. The van der Waals surface area contributed by atoms with Gasteiger partial charge in [-0.15, -0.1) is 12.4 Å². The van der Waals surface area contributed by atoms with Crippen LogP contribution in [0, 0.1) is 0 Å². The number of carbonyl (C=O) groups excluding carboxylic acids is 1. The normalized spacial score (nSPS) is 10.8. The highest BCUT2D eigenvalue weighted by atomic mass is 35.5. The molecule has 1 heterocycles. The van der Waals surface area contributed by atoms with Crippen LogP contribution in [0.15, 0.2) is 72.8 Å². The third kappa shape index (κ3) is 6.14. The largest absolute Gasteiger partial charge is 0.494 e. The van der Waals surface area contributed by atoms with E-state index in [1.807, 2.05) is 74.8 Å². The molecule has 0 saturated carbocycles. The Morgan fingerprint density at radius 1 is 0.912 bits per heavy atom. The van der Waals surface area contributed by atoms with E-state index >= 15 is 0 Å². The Kier molecular flexibility index (Phi) is 9.05. The molecule has 0 bridgehead atoms. The van der Waals surface area contributed by atoms with Crippen molar-refractivity contribution < 1.29 is 9.53 Å². The number of carbonyl (C=O) groups is 1. The summed E-state index contributed by atoms with van der Waals surface area (Å²) in [6.45, 7) is 1.50. The molecule has 0 saturated heterocycles. The van der Waals surface area contributed by atoms with Crippen molar-refractivity contribution in [2.45, 2.75) is 12.8 Å². The second-order valence-corrected chi connectivity index (χ2v) is 9.29. The van der Waals surface area contributed by atoms with Crippen LogP contribution in [-0.2, 0) is 6.42 Å². The van der Waals surface area contributed by atoms with Crippen molar-refractivity contribution in [2.75, 3.05) is 39.2 Å². The van der Waals surface area contributed by atoms with Crippen molar-refractivity contribution >= 4 is 45.0 Å². The third-order valence-corrected chi connectivity index (χ3v) is 6.55. The molecule has 0 aliphatic heterocycles. The minimum atomic E-state index is -0.0296. The van der Waals surface area contributed by atoms with Crippen molar-refractivity contribution in [3.8, 4) is 5.75 Å². The minimum Gasteiger partial charge on any atom is -0.494 e. The number of anilines is 1. The van der Waals surface area contributed by atoms with Crippen LogP contribution in [0.5, 0.6) is 5.75 Å². The Morgan fingerprint density at radius 2 is 1.62 bits per heavy atom. The van der Waals surface area contributed by atoms with E-state index in [-0.39, 0.29) is 18.3 Å². The molecule has 0 unspecified atom stereocenters. The zero-order valence-corrected chi connectivity index (χ0v) is 21.4. The molecule has 7 heteroatoms. The number of hydrogen-bond acceptors (Lipinski definition) is 5.